The van der Waals surface area contributed by atoms with Gasteiger partial charge in [-0.1, -0.05) is 6.92 Å². The normalized spacial score (nSPS) is 15.4. The third-order valence-electron chi connectivity index (χ3n) is 3.95. The Morgan fingerprint density at radius 2 is 2.04 bits per heavy atom. The van der Waals surface area contributed by atoms with Crippen molar-refractivity contribution >= 4 is 31.9 Å². The van der Waals surface area contributed by atoms with Crippen LogP contribution >= 0.6 is 15.9 Å². The first-order chi connectivity index (χ1) is 12.9. The highest BCUT2D eigenvalue weighted by Crippen LogP contribution is 2.36. The predicted octanol–water partition coefficient (Wildman–Crippen LogP) is 1.64. The van der Waals surface area contributed by atoms with Crippen molar-refractivity contribution in [2.75, 3.05) is 52.3 Å². The van der Waals surface area contributed by atoms with Gasteiger partial charge in [0, 0.05) is 25.2 Å². The van der Waals surface area contributed by atoms with Crippen LogP contribution in [0, 0.1) is 0 Å². The minimum Gasteiger partial charge on any atom is -0.493 e. The van der Waals surface area contributed by atoms with E-state index < -0.39 is 10.0 Å². The molecule has 0 bridgehead atoms. The Bertz CT molecular complexity index is 750. The Kier molecular flexibility index (Phi) is 8.33. The standard InChI is InChI=1S/C17H25BrN2O6S/c1-3-7-26-16-14(18)11-13(12-15(16)24-2)17(21)19-4-10-27(22,23)20-5-8-25-9-6-20/h11-12H,3-10H2,1-2H3,(H,19,21). The Morgan fingerprint density at radius 3 is 2.67 bits per heavy atom. The van der Waals surface area contributed by atoms with Gasteiger partial charge in [0.15, 0.2) is 11.5 Å². The lowest BCUT2D eigenvalue weighted by Gasteiger charge is -2.26. The SMILES string of the molecule is CCCOc1c(Br)cc(C(=O)NCCS(=O)(=O)N2CCOCC2)cc1OC. The van der Waals surface area contributed by atoms with Gasteiger partial charge in [0.2, 0.25) is 10.0 Å². The average Bonchev–Trinajstić information content (AvgIpc) is 2.67. The minimum atomic E-state index is -3.41. The second-order valence-electron chi connectivity index (χ2n) is 5.92. The second kappa shape index (κ2) is 10.3. The van der Waals surface area contributed by atoms with E-state index in [-0.39, 0.29) is 18.2 Å². The van der Waals surface area contributed by atoms with Crippen LogP contribution in [0.15, 0.2) is 16.6 Å². The summed E-state index contributed by atoms with van der Waals surface area (Å²) in [5, 5.41) is 2.64. The van der Waals surface area contributed by atoms with E-state index >= 15 is 0 Å². The van der Waals surface area contributed by atoms with Crippen molar-refractivity contribution in [1.29, 1.82) is 0 Å². The molecule has 0 spiro atoms. The number of morpholine rings is 1. The number of hydrogen-bond donors (Lipinski definition) is 1. The molecule has 0 saturated carbocycles. The van der Waals surface area contributed by atoms with Gasteiger partial charge in [-0.05, 0) is 34.5 Å². The maximum absolute atomic E-state index is 12.4. The number of ether oxygens (including phenoxy) is 3. The molecule has 1 aliphatic heterocycles. The van der Waals surface area contributed by atoms with Gasteiger partial charge >= 0.3 is 0 Å². The summed E-state index contributed by atoms with van der Waals surface area (Å²) in [4.78, 5) is 12.4. The molecule has 1 amide bonds. The number of nitrogens with zero attached hydrogens (tertiary/aromatic N) is 1. The summed E-state index contributed by atoms with van der Waals surface area (Å²) in [6, 6.07) is 3.20. The topological polar surface area (TPSA) is 94.2 Å². The number of amides is 1. The molecule has 0 unspecified atom stereocenters. The lowest BCUT2D eigenvalue weighted by molar-refractivity contribution is 0.0730. The molecule has 0 radical (unpaired) electrons. The third-order valence-corrected chi connectivity index (χ3v) is 6.41. The van der Waals surface area contributed by atoms with Gasteiger partial charge in [0.05, 0.1) is 37.2 Å². The number of hydrogen-bond acceptors (Lipinski definition) is 6. The van der Waals surface area contributed by atoms with E-state index in [1.807, 2.05) is 6.92 Å². The first kappa shape index (κ1) is 21.9. The molecule has 0 atom stereocenters. The van der Waals surface area contributed by atoms with Crippen LogP contribution < -0.4 is 14.8 Å². The van der Waals surface area contributed by atoms with Crippen molar-refractivity contribution < 1.29 is 27.4 Å². The largest absolute Gasteiger partial charge is 0.493 e. The van der Waals surface area contributed by atoms with Crippen molar-refractivity contribution in [2.45, 2.75) is 13.3 Å². The molecule has 1 fully saturated rings. The number of carbonyl (C=O) groups is 1. The van der Waals surface area contributed by atoms with E-state index in [4.69, 9.17) is 14.2 Å². The zero-order chi connectivity index (χ0) is 19.9. The number of nitrogens with one attached hydrogen (secondary N) is 1. The van der Waals surface area contributed by atoms with Gasteiger partial charge in [0.25, 0.3) is 5.91 Å². The summed E-state index contributed by atoms with van der Waals surface area (Å²) in [5.41, 5.74) is 0.353. The van der Waals surface area contributed by atoms with Crippen LogP contribution in [-0.2, 0) is 14.8 Å². The fourth-order valence-corrected chi connectivity index (χ4v) is 4.42. The molecule has 0 aromatic heterocycles. The molecule has 27 heavy (non-hydrogen) atoms. The first-order valence-electron chi connectivity index (χ1n) is 8.73. The maximum atomic E-state index is 12.4. The summed E-state index contributed by atoms with van der Waals surface area (Å²) in [7, 11) is -1.92. The number of benzene rings is 1. The van der Waals surface area contributed by atoms with Crippen molar-refractivity contribution in [1.82, 2.24) is 9.62 Å². The van der Waals surface area contributed by atoms with Crippen LogP contribution in [0.4, 0.5) is 0 Å². The van der Waals surface area contributed by atoms with Crippen LogP contribution in [0.5, 0.6) is 11.5 Å². The Balaban J connectivity index is 1.98. The third kappa shape index (κ3) is 6.06. The lowest BCUT2D eigenvalue weighted by Crippen LogP contribution is -2.43. The fourth-order valence-electron chi connectivity index (χ4n) is 2.54. The molecule has 1 saturated heterocycles. The molecule has 1 aromatic rings. The maximum Gasteiger partial charge on any atom is 0.251 e. The van der Waals surface area contributed by atoms with E-state index in [9.17, 15) is 13.2 Å². The zero-order valence-electron chi connectivity index (χ0n) is 15.5. The number of sulfonamides is 1. The summed E-state index contributed by atoms with van der Waals surface area (Å²) in [5.74, 6) is 0.428. The highest BCUT2D eigenvalue weighted by molar-refractivity contribution is 9.10. The van der Waals surface area contributed by atoms with Gasteiger partial charge in [0.1, 0.15) is 0 Å². The van der Waals surface area contributed by atoms with Crippen LogP contribution in [0.3, 0.4) is 0 Å². The molecule has 2 rings (SSSR count). The average molecular weight is 465 g/mol. The van der Waals surface area contributed by atoms with Crippen LogP contribution in [0.2, 0.25) is 0 Å². The summed E-state index contributed by atoms with van der Waals surface area (Å²) in [6.07, 6.45) is 0.843. The summed E-state index contributed by atoms with van der Waals surface area (Å²) in [6.45, 7) is 4.02. The smallest absolute Gasteiger partial charge is 0.251 e. The number of rotatable bonds is 9. The molecule has 1 N–H and O–H groups in total. The van der Waals surface area contributed by atoms with E-state index in [2.05, 4.69) is 21.2 Å². The van der Waals surface area contributed by atoms with E-state index in [1.165, 1.54) is 11.4 Å². The van der Waals surface area contributed by atoms with E-state index in [0.717, 1.165) is 6.42 Å². The molecule has 1 aromatic carbocycles. The van der Waals surface area contributed by atoms with Crippen LogP contribution in [0.1, 0.15) is 23.7 Å². The molecular weight excluding hydrogens is 440 g/mol. The van der Waals surface area contributed by atoms with E-state index in [0.29, 0.717) is 54.4 Å². The molecular formula is C17H25BrN2O6S. The Morgan fingerprint density at radius 1 is 1.33 bits per heavy atom. The molecule has 10 heteroatoms. The first-order valence-corrected chi connectivity index (χ1v) is 11.1. The highest BCUT2D eigenvalue weighted by Gasteiger charge is 2.24. The van der Waals surface area contributed by atoms with Gasteiger partial charge in [-0.15, -0.1) is 0 Å². The minimum absolute atomic E-state index is 0.0204. The number of halogens is 1. The van der Waals surface area contributed by atoms with Gasteiger partial charge in [-0.2, -0.15) is 4.31 Å². The van der Waals surface area contributed by atoms with Crippen molar-refractivity contribution in [3.8, 4) is 11.5 Å². The van der Waals surface area contributed by atoms with Crippen molar-refractivity contribution in [3.05, 3.63) is 22.2 Å². The predicted molar refractivity (Wildman–Crippen MR) is 105 cm³/mol. The van der Waals surface area contributed by atoms with E-state index in [1.54, 1.807) is 12.1 Å². The van der Waals surface area contributed by atoms with Gasteiger partial charge in [-0.3, -0.25) is 4.79 Å². The summed E-state index contributed by atoms with van der Waals surface area (Å²) < 4.78 is 42.6. The molecule has 0 aliphatic carbocycles. The second-order valence-corrected chi connectivity index (χ2v) is 8.86. The zero-order valence-corrected chi connectivity index (χ0v) is 17.9. The van der Waals surface area contributed by atoms with Gasteiger partial charge < -0.3 is 19.5 Å². The molecule has 152 valence electrons. The van der Waals surface area contributed by atoms with Gasteiger partial charge in [-0.25, -0.2) is 8.42 Å². The number of methoxy groups -OCH3 is 1. The number of carbonyl (C=O) groups excluding carboxylic acids is 1. The van der Waals surface area contributed by atoms with Crippen molar-refractivity contribution in [3.63, 3.8) is 0 Å². The molecule has 1 aliphatic rings. The Hall–Kier alpha value is -1.36. The summed E-state index contributed by atoms with van der Waals surface area (Å²) >= 11 is 3.39. The highest BCUT2D eigenvalue weighted by atomic mass is 79.9. The quantitative estimate of drug-likeness (QED) is 0.596. The van der Waals surface area contributed by atoms with Crippen LogP contribution in [-0.4, -0.2) is 70.9 Å². The lowest BCUT2D eigenvalue weighted by atomic mass is 10.2. The molecule has 1 heterocycles. The molecule has 8 nitrogen and oxygen atoms in total. The van der Waals surface area contributed by atoms with Crippen LogP contribution in [0.25, 0.3) is 0 Å². The van der Waals surface area contributed by atoms with Crippen molar-refractivity contribution in [2.24, 2.45) is 0 Å². The monoisotopic (exact) mass is 464 g/mol. The fraction of sp³-hybridized carbons (Fsp3) is 0.588. The Labute approximate surface area is 168 Å².